The Balaban J connectivity index is 1.28. The molecule has 11 heteroatoms. The van der Waals surface area contributed by atoms with E-state index in [-0.39, 0.29) is 23.6 Å². The van der Waals surface area contributed by atoms with Crippen LogP contribution in [0.25, 0.3) is 0 Å². The summed E-state index contributed by atoms with van der Waals surface area (Å²) in [5.74, 6) is 0.805. The van der Waals surface area contributed by atoms with Gasteiger partial charge >= 0.3 is 6.03 Å². The number of nitrogens with one attached hydrogen (secondary N) is 2. The van der Waals surface area contributed by atoms with Gasteiger partial charge in [-0.1, -0.05) is 25.5 Å². The average Bonchev–Trinajstić information content (AvgIpc) is 2.93. The molecule has 1 heterocycles. The molecule has 0 unspecified atom stereocenters. The first-order valence-electron chi connectivity index (χ1n) is 13.8. The zero-order valence-corrected chi connectivity index (χ0v) is 24.2. The highest BCUT2D eigenvalue weighted by Crippen LogP contribution is 2.28. The second kappa shape index (κ2) is 13.6. The lowest BCUT2D eigenvalue weighted by molar-refractivity contribution is 0.122. The lowest BCUT2D eigenvalue weighted by Gasteiger charge is -2.38. The number of hydrogen-bond donors (Lipinski definition) is 4. The SMILES string of the molecule is CCCCN(C(=O)Nc1ccc(O)c(O)c1)C1CCN(Cc2ccc(Oc3ccc(NS(C)(=O)=O)cc3)cc2)CC1. The Bertz CT molecular complexity index is 1410. The van der Waals surface area contributed by atoms with Crippen LogP contribution >= 0.6 is 0 Å². The van der Waals surface area contributed by atoms with Crippen molar-refractivity contribution in [1.29, 1.82) is 0 Å². The lowest BCUT2D eigenvalue weighted by atomic mass is 10.0. The molecule has 4 rings (SSSR count). The molecule has 4 N–H and O–H groups in total. The quantitative estimate of drug-likeness (QED) is 0.172. The van der Waals surface area contributed by atoms with Crippen LogP contribution in [-0.4, -0.2) is 66.4 Å². The second-order valence-corrected chi connectivity index (χ2v) is 12.1. The van der Waals surface area contributed by atoms with Gasteiger partial charge in [-0.2, -0.15) is 0 Å². The van der Waals surface area contributed by atoms with Crippen molar-refractivity contribution in [3.05, 3.63) is 72.3 Å². The number of hydrogen-bond acceptors (Lipinski definition) is 7. The topological polar surface area (TPSA) is 131 Å². The van der Waals surface area contributed by atoms with Crippen molar-refractivity contribution < 1.29 is 28.2 Å². The number of sulfonamides is 1. The Hall–Kier alpha value is -3.96. The number of likely N-dealkylation sites (tertiary alicyclic amines) is 1. The third-order valence-electron chi connectivity index (χ3n) is 6.96. The van der Waals surface area contributed by atoms with Crippen molar-refractivity contribution in [1.82, 2.24) is 9.80 Å². The summed E-state index contributed by atoms with van der Waals surface area (Å²) >= 11 is 0. The fraction of sp³-hybridized carbons (Fsp3) is 0.367. The first-order valence-corrected chi connectivity index (χ1v) is 15.7. The summed E-state index contributed by atoms with van der Waals surface area (Å²) in [4.78, 5) is 17.4. The molecule has 10 nitrogen and oxygen atoms in total. The van der Waals surface area contributed by atoms with Crippen molar-refractivity contribution in [2.45, 2.75) is 45.2 Å². The summed E-state index contributed by atoms with van der Waals surface area (Å²) in [6, 6.07) is 18.8. The summed E-state index contributed by atoms with van der Waals surface area (Å²) in [6.45, 7) is 5.30. The Labute approximate surface area is 241 Å². The summed E-state index contributed by atoms with van der Waals surface area (Å²) in [5, 5.41) is 22.2. The van der Waals surface area contributed by atoms with Gasteiger partial charge in [0.1, 0.15) is 11.5 Å². The fourth-order valence-electron chi connectivity index (χ4n) is 4.83. The maximum absolute atomic E-state index is 13.1. The third-order valence-corrected chi connectivity index (χ3v) is 7.57. The number of aromatic hydroxyl groups is 2. The van der Waals surface area contributed by atoms with Crippen LogP contribution in [0.15, 0.2) is 66.7 Å². The van der Waals surface area contributed by atoms with Crippen LogP contribution in [0, 0.1) is 0 Å². The Morgan fingerprint density at radius 2 is 1.56 bits per heavy atom. The van der Waals surface area contributed by atoms with Crippen LogP contribution in [0.2, 0.25) is 0 Å². The highest BCUT2D eigenvalue weighted by atomic mass is 32.2. The van der Waals surface area contributed by atoms with Gasteiger partial charge in [-0.15, -0.1) is 0 Å². The standard InChI is InChI=1S/C30H38N4O6S/c1-3-4-17-34(30(37)31-24-9-14-28(35)29(36)20-24)25-15-18-33(19-16-25)21-22-5-10-26(11-6-22)40-27-12-7-23(8-13-27)32-41(2,38)39/h5-14,20,25,32,35-36H,3-4,15-19,21H2,1-2H3,(H,31,37). The van der Waals surface area contributed by atoms with E-state index in [4.69, 9.17) is 4.74 Å². The number of nitrogens with zero attached hydrogens (tertiary/aromatic N) is 2. The molecule has 0 aromatic heterocycles. The molecule has 3 aromatic carbocycles. The van der Waals surface area contributed by atoms with Gasteiger partial charge in [0.25, 0.3) is 0 Å². The zero-order chi connectivity index (χ0) is 29.4. The summed E-state index contributed by atoms with van der Waals surface area (Å²) < 4.78 is 31.1. The monoisotopic (exact) mass is 582 g/mol. The van der Waals surface area contributed by atoms with Crippen LogP contribution < -0.4 is 14.8 Å². The molecular weight excluding hydrogens is 544 g/mol. The lowest BCUT2D eigenvalue weighted by Crippen LogP contribution is -2.49. The van der Waals surface area contributed by atoms with Crippen LogP contribution in [0.5, 0.6) is 23.0 Å². The van der Waals surface area contributed by atoms with Gasteiger partial charge in [0.05, 0.1) is 6.26 Å². The number of ether oxygens (including phenoxy) is 1. The van der Waals surface area contributed by atoms with Gasteiger partial charge in [-0.05, 0) is 73.4 Å². The van der Waals surface area contributed by atoms with Crippen molar-refractivity contribution in [2.24, 2.45) is 0 Å². The predicted molar refractivity (Wildman–Crippen MR) is 160 cm³/mol. The largest absolute Gasteiger partial charge is 0.504 e. The van der Waals surface area contributed by atoms with Crippen molar-refractivity contribution in [3.63, 3.8) is 0 Å². The maximum atomic E-state index is 13.1. The molecule has 0 radical (unpaired) electrons. The van der Waals surface area contributed by atoms with E-state index >= 15 is 0 Å². The Kier molecular flexibility index (Phi) is 9.95. The van der Waals surface area contributed by atoms with E-state index in [2.05, 4.69) is 21.9 Å². The number of unbranched alkanes of at least 4 members (excludes halogenated alkanes) is 1. The van der Waals surface area contributed by atoms with E-state index in [0.717, 1.165) is 57.1 Å². The number of urea groups is 1. The van der Waals surface area contributed by atoms with Gasteiger partial charge in [0.2, 0.25) is 10.0 Å². The minimum absolute atomic E-state index is 0.123. The fourth-order valence-corrected chi connectivity index (χ4v) is 5.39. The highest BCUT2D eigenvalue weighted by molar-refractivity contribution is 7.92. The van der Waals surface area contributed by atoms with E-state index in [1.807, 2.05) is 29.2 Å². The average molecular weight is 583 g/mol. The molecule has 0 bridgehead atoms. The molecular formula is C30H38N4O6S. The smallest absolute Gasteiger partial charge is 0.322 e. The highest BCUT2D eigenvalue weighted by Gasteiger charge is 2.28. The molecule has 0 spiro atoms. The number of piperidine rings is 1. The van der Waals surface area contributed by atoms with Gasteiger partial charge in [0, 0.05) is 49.7 Å². The maximum Gasteiger partial charge on any atom is 0.322 e. The van der Waals surface area contributed by atoms with E-state index < -0.39 is 10.0 Å². The van der Waals surface area contributed by atoms with E-state index in [9.17, 15) is 23.4 Å². The van der Waals surface area contributed by atoms with Crippen molar-refractivity contribution >= 4 is 27.4 Å². The number of amides is 2. The third kappa shape index (κ3) is 9.02. The Morgan fingerprint density at radius 1 is 0.951 bits per heavy atom. The summed E-state index contributed by atoms with van der Waals surface area (Å²) in [5.41, 5.74) is 2.08. The summed E-state index contributed by atoms with van der Waals surface area (Å²) in [7, 11) is -3.33. The van der Waals surface area contributed by atoms with Gasteiger partial charge in [-0.3, -0.25) is 9.62 Å². The van der Waals surface area contributed by atoms with E-state index in [0.29, 0.717) is 29.4 Å². The molecule has 3 aromatic rings. The van der Waals surface area contributed by atoms with Crippen LogP contribution in [-0.2, 0) is 16.6 Å². The molecule has 1 aliphatic rings. The van der Waals surface area contributed by atoms with Crippen molar-refractivity contribution in [2.75, 3.05) is 35.9 Å². The van der Waals surface area contributed by atoms with E-state index in [1.54, 1.807) is 30.3 Å². The molecule has 220 valence electrons. The molecule has 2 amide bonds. The first kappa shape index (κ1) is 30.0. The van der Waals surface area contributed by atoms with Crippen LogP contribution in [0.1, 0.15) is 38.2 Å². The molecule has 41 heavy (non-hydrogen) atoms. The number of rotatable bonds is 11. The normalized spacial score (nSPS) is 14.4. The first-order chi connectivity index (χ1) is 19.6. The number of carbonyl (C=O) groups excluding carboxylic acids is 1. The van der Waals surface area contributed by atoms with Gasteiger partial charge < -0.3 is 25.2 Å². The van der Waals surface area contributed by atoms with Crippen LogP contribution in [0.3, 0.4) is 0 Å². The second-order valence-electron chi connectivity index (χ2n) is 10.3. The summed E-state index contributed by atoms with van der Waals surface area (Å²) in [6.07, 6.45) is 4.72. The van der Waals surface area contributed by atoms with Gasteiger partial charge in [0.15, 0.2) is 11.5 Å². The molecule has 0 saturated carbocycles. The minimum Gasteiger partial charge on any atom is -0.504 e. The predicted octanol–water partition coefficient (Wildman–Crippen LogP) is 5.56. The van der Waals surface area contributed by atoms with Gasteiger partial charge in [-0.25, -0.2) is 13.2 Å². The number of phenols is 2. The number of carbonyl (C=O) groups is 1. The Morgan fingerprint density at radius 3 is 2.15 bits per heavy atom. The molecule has 1 fully saturated rings. The molecule has 0 aliphatic carbocycles. The minimum atomic E-state index is -3.33. The van der Waals surface area contributed by atoms with E-state index in [1.165, 1.54) is 12.1 Å². The zero-order valence-electron chi connectivity index (χ0n) is 23.4. The molecule has 1 saturated heterocycles. The van der Waals surface area contributed by atoms with Crippen LogP contribution in [0.4, 0.5) is 16.2 Å². The number of anilines is 2. The van der Waals surface area contributed by atoms with Crippen molar-refractivity contribution in [3.8, 4) is 23.0 Å². The number of phenolic OH excluding ortho intramolecular Hbond substituents is 2. The molecule has 0 atom stereocenters. The molecule has 1 aliphatic heterocycles. The number of benzene rings is 3.